The highest BCUT2D eigenvalue weighted by atomic mass is 16.6. The van der Waals surface area contributed by atoms with Crippen LogP contribution in [0.3, 0.4) is 0 Å². The SMILES string of the molecule is CCCOC(=O)CC(O)(CCC)OC. The zero-order valence-electron chi connectivity index (χ0n) is 9.21. The predicted molar refractivity (Wildman–Crippen MR) is 52.7 cm³/mol. The van der Waals surface area contributed by atoms with Crippen LogP contribution < -0.4 is 0 Å². The minimum absolute atomic E-state index is 0.0999. The second kappa shape index (κ2) is 6.79. The number of carbonyl (C=O) groups is 1. The molecule has 0 radical (unpaired) electrons. The van der Waals surface area contributed by atoms with E-state index in [9.17, 15) is 9.90 Å². The number of methoxy groups -OCH3 is 1. The summed E-state index contributed by atoms with van der Waals surface area (Å²) in [5.41, 5.74) is 0. The number of hydrogen-bond acceptors (Lipinski definition) is 4. The van der Waals surface area contributed by atoms with Crippen LogP contribution >= 0.6 is 0 Å². The van der Waals surface area contributed by atoms with Crippen molar-refractivity contribution in [2.24, 2.45) is 0 Å². The van der Waals surface area contributed by atoms with Gasteiger partial charge >= 0.3 is 5.97 Å². The quantitative estimate of drug-likeness (QED) is 0.504. The smallest absolute Gasteiger partial charge is 0.311 e. The Labute approximate surface area is 85.2 Å². The van der Waals surface area contributed by atoms with Crippen molar-refractivity contribution in [1.29, 1.82) is 0 Å². The van der Waals surface area contributed by atoms with Gasteiger partial charge in [0, 0.05) is 13.5 Å². The van der Waals surface area contributed by atoms with Crippen LogP contribution in [0.1, 0.15) is 39.5 Å². The molecule has 0 aliphatic heterocycles. The molecule has 0 aromatic carbocycles. The predicted octanol–water partition coefficient (Wildman–Crippen LogP) is 1.46. The van der Waals surface area contributed by atoms with Crippen LogP contribution in [0.2, 0.25) is 0 Å². The number of carbonyl (C=O) groups excluding carboxylic acids is 1. The molecule has 0 amide bonds. The summed E-state index contributed by atoms with van der Waals surface area (Å²) in [7, 11) is 1.39. The van der Waals surface area contributed by atoms with Gasteiger partial charge in [0.25, 0.3) is 0 Å². The Bertz CT molecular complexity index is 170. The van der Waals surface area contributed by atoms with Gasteiger partial charge in [0.2, 0.25) is 0 Å². The van der Waals surface area contributed by atoms with Crippen LogP contribution in [-0.4, -0.2) is 30.6 Å². The third kappa shape index (κ3) is 5.19. The van der Waals surface area contributed by atoms with Gasteiger partial charge in [0.15, 0.2) is 5.79 Å². The monoisotopic (exact) mass is 204 g/mol. The number of ether oxygens (including phenoxy) is 2. The van der Waals surface area contributed by atoms with E-state index in [-0.39, 0.29) is 6.42 Å². The van der Waals surface area contributed by atoms with Gasteiger partial charge in [-0.2, -0.15) is 0 Å². The summed E-state index contributed by atoms with van der Waals surface area (Å²) < 4.78 is 9.74. The summed E-state index contributed by atoms with van der Waals surface area (Å²) in [6, 6.07) is 0. The lowest BCUT2D eigenvalue weighted by atomic mass is 10.1. The normalized spacial score (nSPS) is 14.9. The van der Waals surface area contributed by atoms with Crippen LogP contribution in [0.4, 0.5) is 0 Å². The minimum atomic E-state index is -1.36. The summed E-state index contributed by atoms with van der Waals surface area (Å²) in [5.74, 6) is -1.77. The van der Waals surface area contributed by atoms with Crippen molar-refractivity contribution in [2.45, 2.75) is 45.3 Å². The molecule has 0 aliphatic carbocycles. The lowest BCUT2D eigenvalue weighted by molar-refractivity contribution is -0.203. The Morgan fingerprint density at radius 1 is 1.36 bits per heavy atom. The molecule has 0 fully saturated rings. The molecule has 1 unspecified atom stereocenters. The summed E-state index contributed by atoms with van der Waals surface area (Å²) >= 11 is 0. The van der Waals surface area contributed by atoms with Crippen LogP contribution in [0, 0.1) is 0 Å². The average Bonchev–Trinajstić information content (AvgIpc) is 2.15. The largest absolute Gasteiger partial charge is 0.466 e. The molecule has 1 atom stereocenters. The Hall–Kier alpha value is -0.610. The standard InChI is InChI=1S/C10H20O4/c1-4-6-10(12,13-3)8-9(11)14-7-5-2/h12H,4-8H2,1-3H3. The molecule has 0 rings (SSSR count). The van der Waals surface area contributed by atoms with Crippen LogP contribution in [0.25, 0.3) is 0 Å². The molecule has 4 nitrogen and oxygen atoms in total. The van der Waals surface area contributed by atoms with Crippen molar-refractivity contribution < 1.29 is 19.4 Å². The molecular weight excluding hydrogens is 184 g/mol. The van der Waals surface area contributed by atoms with Gasteiger partial charge in [-0.3, -0.25) is 4.79 Å². The Morgan fingerprint density at radius 2 is 2.00 bits per heavy atom. The maximum absolute atomic E-state index is 11.2. The first kappa shape index (κ1) is 13.4. The summed E-state index contributed by atoms with van der Waals surface area (Å²) in [5, 5.41) is 9.77. The number of hydrogen-bond donors (Lipinski definition) is 1. The van der Waals surface area contributed by atoms with E-state index >= 15 is 0 Å². The molecule has 1 N–H and O–H groups in total. The summed E-state index contributed by atoms with van der Waals surface area (Å²) in [6.07, 6.45) is 1.87. The van der Waals surface area contributed by atoms with E-state index in [1.165, 1.54) is 7.11 Å². The lowest BCUT2D eigenvalue weighted by Crippen LogP contribution is -2.34. The zero-order valence-corrected chi connectivity index (χ0v) is 9.21. The van der Waals surface area contributed by atoms with E-state index < -0.39 is 11.8 Å². The first-order chi connectivity index (χ1) is 6.58. The Morgan fingerprint density at radius 3 is 2.43 bits per heavy atom. The van der Waals surface area contributed by atoms with Crippen molar-refractivity contribution in [3.63, 3.8) is 0 Å². The number of esters is 1. The van der Waals surface area contributed by atoms with Crippen molar-refractivity contribution in [3.8, 4) is 0 Å². The first-order valence-corrected chi connectivity index (χ1v) is 5.01. The topological polar surface area (TPSA) is 55.8 Å². The van der Waals surface area contributed by atoms with E-state index in [0.29, 0.717) is 13.0 Å². The maximum Gasteiger partial charge on any atom is 0.311 e. The zero-order chi connectivity index (χ0) is 11.0. The van der Waals surface area contributed by atoms with Crippen molar-refractivity contribution >= 4 is 5.97 Å². The third-order valence-electron chi connectivity index (χ3n) is 1.91. The van der Waals surface area contributed by atoms with Gasteiger partial charge in [-0.1, -0.05) is 20.3 Å². The van der Waals surface area contributed by atoms with Gasteiger partial charge in [-0.15, -0.1) is 0 Å². The van der Waals surface area contributed by atoms with E-state index in [2.05, 4.69) is 0 Å². The molecule has 0 spiro atoms. The number of rotatable bonds is 7. The molecule has 0 heterocycles. The average molecular weight is 204 g/mol. The minimum Gasteiger partial charge on any atom is -0.466 e. The van der Waals surface area contributed by atoms with E-state index in [4.69, 9.17) is 9.47 Å². The van der Waals surface area contributed by atoms with E-state index in [1.807, 2.05) is 13.8 Å². The summed E-state index contributed by atoms with van der Waals surface area (Å²) in [4.78, 5) is 11.2. The Kier molecular flexibility index (Phi) is 6.49. The fraction of sp³-hybridized carbons (Fsp3) is 0.900. The molecule has 0 aromatic rings. The highest BCUT2D eigenvalue weighted by Crippen LogP contribution is 2.18. The van der Waals surface area contributed by atoms with Gasteiger partial charge in [-0.25, -0.2) is 0 Å². The molecular formula is C10H20O4. The molecule has 0 saturated heterocycles. The van der Waals surface area contributed by atoms with Gasteiger partial charge in [0.05, 0.1) is 13.0 Å². The number of aliphatic hydroxyl groups is 1. The molecule has 4 heteroatoms. The third-order valence-corrected chi connectivity index (χ3v) is 1.91. The van der Waals surface area contributed by atoms with Crippen molar-refractivity contribution in [1.82, 2.24) is 0 Å². The second-order valence-corrected chi connectivity index (χ2v) is 3.30. The fourth-order valence-corrected chi connectivity index (χ4v) is 1.15. The van der Waals surface area contributed by atoms with E-state index in [1.54, 1.807) is 0 Å². The molecule has 0 aliphatic rings. The van der Waals surface area contributed by atoms with Gasteiger partial charge in [0.1, 0.15) is 0 Å². The van der Waals surface area contributed by atoms with Crippen LogP contribution in [0.15, 0.2) is 0 Å². The molecule has 0 bridgehead atoms. The maximum atomic E-state index is 11.2. The fourth-order valence-electron chi connectivity index (χ4n) is 1.15. The van der Waals surface area contributed by atoms with Gasteiger partial charge < -0.3 is 14.6 Å². The molecule has 14 heavy (non-hydrogen) atoms. The van der Waals surface area contributed by atoms with E-state index in [0.717, 1.165) is 12.8 Å². The second-order valence-electron chi connectivity index (χ2n) is 3.30. The van der Waals surface area contributed by atoms with Crippen LogP contribution in [-0.2, 0) is 14.3 Å². The Balaban J connectivity index is 3.96. The van der Waals surface area contributed by atoms with Crippen molar-refractivity contribution in [2.75, 3.05) is 13.7 Å². The molecule has 0 aromatic heterocycles. The highest BCUT2D eigenvalue weighted by Gasteiger charge is 2.29. The van der Waals surface area contributed by atoms with Crippen LogP contribution in [0.5, 0.6) is 0 Å². The van der Waals surface area contributed by atoms with Gasteiger partial charge in [-0.05, 0) is 6.42 Å². The molecule has 84 valence electrons. The molecule has 0 saturated carbocycles. The first-order valence-electron chi connectivity index (χ1n) is 5.01. The lowest BCUT2D eigenvalue weighted by Gasteiger charge is -2.24. The summed E-state index contributed by atoms with van der Waals surface area (Å²) in [6.45, 7) is 4.23. The van der Waals surface area contributed by atoms with Crippen molar-refractivity contribution in [3.05, 3.63) is 0 Å². The highest BCUT2D eigenvalue weighted by molar-refractivity contribution is 5.70.